The molecule has 0 radical (unpaired) electrons. The molecule has 0 atom stereocenters. The molecule has 0 spiro atoms. The standard InChI is InChI=1S/C14H10N4O5/c1-23-12-5-8(4-11(14(12)20)18(21)22)13(19)9(6-15)10-7-16-2-3-17-10/h2-5,7,19-20H,1H3/b13-9-. The van der Waals surface area contributed by atoms with E-state index in [1.54, 1.807) is 6.07 Å². The van der Waals surface area contributed by atoms with E-state index >= 15 is 0 Å². The number of hydrogen-bond donors (Lipinski definition) is 2. The summed E-state index contributed by atoms with van der Waals surface area (Å²) in [5, 5.41) is 40.2. The predicted molar refractivity (Wildman–Crippen MR) is 78.4 cm³/mol. The number of ether oxygens (including phenoxy) is 1. The minimum Gasteiger partial charge on any atom is -0.506 e. The third-order valence-corrected chi connectivity index (χ3v) is 2.91. The maximum atomic E-state index is 11.0. The number of hydrogen-bond acceptors (Lipinski definition) is 8. The van der Waals surface area contributed by atoms with Crippen molar-refractivity contribution in [2.45, 2.75) is 0 Å². The molecule has 0 bridgehead atoms. The first-order chi connectivity index (χ1) is 11.0. The van der Waals surface area contributed by atoms with Gasteiger partial charge in [0.05, 0.1) is 18.2 Å². The highest BCUT2D eigenvalue weighted by molar-refractivity contribution is 5.93. The number of nitro groups is 1. The molecule has 1 heterocycles. The molecule has 0 fully saturated rings. The maximum Gasteiger partial charge on any atom is 0.315 e. The van der Waals surface area contributed by atoms with E-state index in [0.29, 0.717) is 0 Å². The Bertz CT molecular complexity index is 827. The summed E-state index contributed by atoms with van der Waals surface area (Å²) in [6.07, 6.45) is 3.99. The number of methoxy groups -OCH3 is 1. The zero-order valence-electron chi connectivity index (χ0n) is 11.8. The summed E-state index contributed by atoms with van der Waals surface area (Å²) in [5.74, 6) is -1.43. The maximum absolute atomic E-state index is 11.0. The van der Waals surface area contributed by atoms with Gasteiger partial charge in [-0.3, -0.25) is 20.1 Å². The normalized spacial score (nSPS) is 11.3. The molecule has 0 unspecified atom stereocenters. The van der Waals surface area contributed by atoms with Gasteiger partial charge in [0.2, 0.25) is 5.75 Å². The predicted octanol–water partition coefficient (Wildman–Crippen LogP) is 2.05. The molecular formula is C14H10N4O5. The van der Waals surface area contributed by atoms with Crippen molar-refractivity contribution in [2.75, 3.05) is 7.11 Å². The summed E-state index contributed by atoms with van der Waals surface area (Å²) in [5.41, 5.74) is -0.863. The highest BCUT2D eigenvalue weighted by Crippen LogP contribution is 2.39. The monoisotopic (exact) mass is 314 g/mol. The van der Waals surface area contributed by atoms with Gasteiger partial charge in [-0.1, -0.05) is 0 Å². The van der Waals surface area contributed by atoms with Gasteiger partial charge in [-0.2, -0.15) is 5.26 Å². The van der Waals surface area contributed by atoms with Gasteiger partial charge in [0.1, 0.15) is 23.1 Å². The molecule has 9 heteroatoms. The lowest BCUT2D eigenvalue weighted by Gasteiger charge is -2.08. The molecule has 0 saturated heterocycles. The largest absolute Gasteiger partial charge is 0.506 e. The Morgan fingerprint density at radius 2 is 2.17 bits per heavy atom. The van der Waals surface area contributed by atoms with Crippen LogP contribution in [0.5, 0.6) is 11.5 Å². The van der Waals surface area contributed by atoms with E-state index in [1.165, 1.54) is 31.8 Å². The fraction of sp³-hybridized carbons (Fsp3) is 0.0714. The van der Waals surface area contributed by atoms with Crippen LogP contribution >= 0.6 is 0 Å². The van der Waals surface area contributed by atoms with Crippen LogP contribution in [0, 0.1) is 21.4 Å². The minimum atomic E-state index is -0.830. The number of aliphatic hydroxyl groups is 1. The molecule has 9 nitrogen and oxygen atoms in total. The average molecular weight is 314 g/mol. The second-order valence-corrected chi connectivity index (χ2v) is 4.23. The van der Waals surface area contributed by atoms with Crippen molar-refractivity contribution in [1.82, 2.24) is 9.97 Å². The van der Waals surface area contributed by atoms with Crippen LogP contribution in [-0.4, -0.2) is 32.2 Å². The van der Waals surface area contributed by atoms with E-state index in [1.807, 2.05) is 0 Å². The first kappa shape index (κ1) is 15.7. The van der Waals surface area contributed by atoms with Crippen molar-refractivity contribution in [3.63, 3.8) is 0 Å². The number of nitro benzene ring substituents is 1. The Hall–Kier alpha value is -3.67. The van der Waals surface area contributed by atoms with Crippen LogP contribution in [0.4, 0.5) is 5.69 Å². The van der Waals surface area contributed by atoms with E-state index in [4.69, 9.17) is 4.74 Å². The zero-order chi connectivity index (χ0) is 17.0. The number of aromatic hydroxyl groups is 1. The van der Waals surface area contributed by atoms with Gasteiger partial charge >= 0.3 is 5.69 Å². The molecular weight excluding hydrogens is 304 g/mol. The van der Waals surface area contributed by atoms with Crippen LogP contribution in [-0.2, 0) is 0 Å². The molecule has 2 rings (SSSR count). The summed E-state index contributed by atoms with van der Waals surface area (Å²) in [4.78, 5) is 17.8. The highest BCUT2D eigenvalue weighted by Gasteiger charge is 2.23. The van der Waals surface area contributed by atoms with Gasteiger partial charge in [0.25, 0.3) is 0 Å². The Kier molecular flexibility index (Phi) is 4.37. The molecule has 0 aliphatic carbocycles. The number of nitrogens with zero attached hydrogens (tertiary/aromatic N) is 4. The molecule has 2 N–H and O–H groups in total. The number of nitriles is 1. The molecule has 2 aromatic rings. The van der Waals surface area contributed by atoms with Gasteiger partial charge in [0.15, 0.2) is 5.75 Å². The molecule has 1 aromatic heterocycles. The van der Waals surface area contributed by atoms with Crippen molar-refractivity contribution < 1.29 is 19.9 Å². The van der Waals surface area contributed by atoms with Gasteiger partial charge in [0, 0.05) is 24.0 Å². The summed E-state index contributed by atoms with van der Waals surface area (Å²) in [6, 6.07) is 3.87. The van der Waals surface area contributed by atoms with E-state index in [2.05, 4.69) is 9.97 Å². The van der Waals surface area contributed by atoms with Crippen LogP contribution < -0.4 is 4.74 Å². The van der Waals surface area contributed by atoms with Crippen molar-refractivity contribution in [2.24, 2.45) is 0 Å². The number of rotatable bonds is 4. The zero-order valence-corrected chi connectivity index (χ0v) is 11.8. The topological polar surface area (TPSA) is 142 Å². The second-order valence-electron chi connectivity index (χ2n) is 4.23. The first-order valence-corrected chi connectivity index (χ1v) is 6.15. The number of aliphatic hydroxyl groups excluding tert-OH is 1. The Morgan fingerprint density at radius 1 is 1.43 bits per heavy atom. The van der Waals surface area contributed by atoms with Crippen molar-refractivity contribution in [3.8, 4) is 17.6 Å². The lowest BCUT2D eigenvalue weighted by atomic mass is 10.1. The third kappa shape index (κ3) is 3.01. The quantitative estimate of drug-likeness (QED) is 0.378. The smallest absolute Gasteiger partial charge is 0.315 e. The van der Waals surface area contributed by atoms with E-state index < -0.39 is 22.1 Å². The summed E-state index contributed by atoms with van der Waals surface area (Å²) >= 11 is 0. The minimum absolute atomic E-state index is 0.0754. The SMILES string of the molecule is COc1cc(/C(O)=C(\C#N)c2cnccn2)cc([N+](=O)[O-])c1O. The van der Waals surface area contributed by atoms with Crippen LogP contribution in [0.15, 0.2) is 30.7 Å². The molecule has 0 aliphatic rings. The van der Waals surface area contributed by atoms with E-state index in [0.717, 1.165) is 6.07 Å². The van der Waals surface area contributed by atoms with Crippen molar-refractivity contribution >= 4 is 17.0 Å². The van der Waals surface area contributed by atoms with Crippen LogP contribution in [0.25, 0.3) is 11.3 Å². The number of phenolic OH excluding ortho intramolecular Hbond substituents is 1. The molecule has 0 aliphatic heterocycles. The summed E-state index contributed by atoms with van der Waals surface area (Å²) in [6.45, 7) is 0. The van der Waals surface area contributed by atoms with Gasteiger partial charge in [-0.05, 0) is 6.07 Å². The van der Waals surface area contributed by atoms with Crippen molar-refractivity contribution in [1.29, 1.82) is 5.26 Å². The summed E-state index contributed by atoms with van der Waals surface area (Å²) < 4.78 is 4.85. The molecule has 0 amide bonds. The van der Waals surface area contributed by atoms with E-state index in [-0.39, 0.29) is 22.6 Å². The van der Waals surface area contributed by atoms with Gasteiger partial charge in [-0.15, -0.1) is 0 Å². The van der Waals surface area contributed by atoms with Crippen LogP contribution in [0.2, 0.25) is 0 Å². The Balaban J connectivity index is 2.69. The van der Waals surface area contributed by atoms with Crippen molar-refractivity contribution in [3.05, 3.63) is 52.1 Å². The molecule has 1 aromatic carbocycles. The molecule has 0 saturated carbocycles. The third-order valence-electron chi connectivity index (χ3n) is 2.91. The number of benzene rings is 1. The molecule has 116 valence electrons. The van der Waals surface area contributed by atoms with Gasteiger partial charge in [-0.25, -0.2) is 0 Å². The molecule has 23 heavy (non-hydrogen) atoms. The highest BCUT2D eigenvalue weighted by atomic mass is 16.6. The Labute approximate surface area is 129 Å². The number of phenols is 1. The van der Waals surface area contributed by atoms with Crippen LogP contribution in [0.3, 0.4) is 0 Å². The second kappa shape index (κ2) is 6.40. The number of allylic oxidation sites excluding steroid dienone is 1. The van der Waals surface area contributed by atoms with Gasteiger partial charge < -0.3 is 14.9 Å². The lowest BCUT2D eigenvalue weighted by Crippen LogP contribution is -1.97. The Morgan fingerprint density at radius 3 is 2.70 bits per heavy atom. The summed E-state index contributed by atoms with van der Waals surface area (Å²) in [7, 11) is 1.21. The van der Waals surface area contributed by atoms with E-state index in [9.17, 15) is 25.6 Å². The first-order valence-electron chi connectivity index (χ1n) is 6.15. The average Bonchev–Trinajstić information content (AvgIpc) is 2.56. The fourth-order valence-corrected chi connectivity index (χ4v) is 1.83. The number of aromatic nitrogens is 2. The van der Waals surface area contributed by atoms with Crippen LogP contribution in [0.1, 0.15) is 11.3 Å². The fourth-order valence-electron chi connectivity index (χ4n) is 1.83. The lowest BCUT2D eigenvalue weighted by molar-refractivity contribution is -0.386.